The molecular weight excluding hydrogens is 467 g/mol. The number of carbonyl (C=O) groups excluding carboxylic acids is 1. The van der Waals surface area contributed by atoms with Crippen LogP contribution < -0.4 is 10.6 Å². The van der Waals surface area contributed by atoms with Crippen LogP contribution in [-0.2, 0) is 4.74 Å². The molecule has 6 nitrogen and oxygen atoms in total. The summed E-state index contributed by atoms with van der Waals surface area (Å²) in [6.07, 6.45) is 0. The Labute approximate surface area is 216 Å². The third-order valence-corrected chi connectivity index (χ3v) is 6.99. The fraction of sp³-hybridized carbons (Fsp3) is 0.267. The maximum absolute atomic E-state index is 14.1. The lowest BCUT2D eigenvalue weighted by Gasteiger charge is -2.22. The highest BCUT2D eigenvalue weighted by Gasteiger charge is 2.34. The molecule has 7 heteroatoms. The van der Waals surface area contributed by atoms with Crippen molar-refractivity contribution in [2.45, 2.75) is 18.9 Å². The van der Waals surface area contributed by atoms with Crippen molar-refractivity contribution in [3.8, 4) is 11.3 Å². The first kappa shape index (κ1) is 24.9. The van der Waals surface area contributed by atoms with E-state index in [0.717, 1.165) is 30.6 Å². The van der Waals surface area contributed by atoms with Gasteiger partial charge in [0.25, 0.3) is 0 Å². The van der Waals surface area contributed by atoms with Crippen LogP contribution in [0.3, 0.4) is 0 Å². The topological polar surface area (TPSA) is 66.5 Å². The third-order valence-electron chi connectivity index (χ3n) is 6.99. The van der Waals surface area contributed by atoms with Gasteiger partial charge in [-0.15, -0.1) is 0 Å². The van der Waals surface area contributed by atoms with Crippen LogP contribution in [0.2, 0.25) is 0 Å². The van der Waals surface area contributed by atoms with Gasteiger partial charge < -0.3 is 15.4 Å². The number of hydrogen-bond donors (Lipinski definition) is 2. The fourth-order valence-corrected chi connectivity index (χ4v) is 5.17. The second kappa shape index (κ2) is 11.1. The number of methoxy groups -OCH3 is 1. The number of amides is 2. The largest absolute Gasteiger partial charge is 0.383 e. The number of aryl methyl sites for hydroxylation is 1. The number of pyridine rings is 1. The lowest BCUT2D eigenvalue weighted by atomic mass is 9.94. The van der Waals surface area contributed by atoms with Gasteiger partial charge in [-0.05, 0) is 30.7 Å². The summed E-state index contributed by atoms with van der Waals surface area (Å²) in [4.78, 5) is 20.6. The average molecular weight is 499 g/mol. The number of ether oxygens (including phenoxy) is 1. The number of anilines is 1. The SMILES string of the molecule is COCCN1C[C@@H](NC(=O)Nc2c(-c3ccccc3)nc(C)c3cc(F)ccc23)[C@H](c2ccccc2)C1. The van der Waals surface area contributed by atoms with Crippen molar-refractivity contribution in [1.82, 2.24) is 15.2 Å². The lowest BCUT2D eigenvalue weighted by Crippen LogP contribution is -2.42. The van der Waals surface area contributed by atoms with Crippen molar-refractivity contribution < 1.29 is 13.9 Å². The van der Waals surface area contributed by atoms with Gasteiger partial charge in [-0.1, -0.05) is 60.7 Å². The molecule has 1 aliphatic heterocycles. The highest BCUT2D eigenvalue weighted by molar-refractivity contribution is 6.07. The van der Waals surface area contributed by atoms with E-state index in [1.165, 1.54) is 17.7 Å². The summed E-state index contributed by atoms with van der Waals surface area (Å²) in [5, 5.41) is 7.71. The van der Waals surface area contributed by atoms with Gasteiger partial charge in [0.15, 0.2) is 0 Å². The number of likely N-dealkylation sites (tertiary alicyclic amines) is 1. The predicted molar refractivity (Wildman–Crippen MR) is 145 cm³/mol. The smallest absolute Gasteiger partial charge is 0.319 e. The monoisotopic (exact) mass is 498 g/mol. The number of nitrogens with one attached hydrogen (secondary N) is 2. The molecule has 0 radical (unpaired) electrons. The molecule has 2 N–H and O–H groups in total. The van der Waals surface area contributed by atoms with Crippen LogP contribution in [0, 0.1) is 12.7 Å². The predicted octanol–water partition coefficient (Wildman–Crippen LogP) is 5.59. The Kier molecular flexibility index (Phi) is 7.44. The number of benzene rings is 3. The fourth-order valence-electron chi connectivity index (χ4n) is 5.17. The first-order valence-corrected chi connectivity index (χ1v) is 12.5. The number of carbonyl (C=O) groups is 1. The number of urea groups is 1. The van der Waals surface area contributed by atoms with Gasteiger partial charge in [-0.3, -0.25) is 9.88 Å². The van der Waals surface area contributed by atoms with Crippen molar-refractivity contribution in [3.05, 3.63) is 95.9 Å². The summed E-state index contributed by atoms with van der Waals surface area (Å²) >= 11 is 0. The highest BCUT2D eigenvalue weighted by atomic mass is 19.1. The summed E-state index contributed by atoms with van der Waals surface area (Å²) in [5.74, 6) is -0.188. The number of aromatic nitrogens is 1. The molecular formula is C30H31FN4O2. The molecule has 1 aliphatic rings. The minimum Gasteiger partial charge on any atom is -0.383 e. The molecule has 1 fully saturated rings. The van der Waals surface area contributed by atoms with Crippen molar-refractivity contribution >= 4 is 22.5 Å². The van der Waals surface area contributed by atoms with Crippen LogP contribution in [0.1, 0.15) is 17.2 Å². The van der Waals surface area contributed by atoms with Crippen LogP contribution in [-0.4, -0.2) is 55.3 Å². The van der Waals surface area contributed by atoms with E-state index >= 15 is 0 Å². The van der Waals surface area contributed by atoms with Gasteiger partial charge in [-0.2, -0.15) is 0 Å². The summed E-state index contributed by atoms with van der Waals surface area (Å²) < 4.78 is 19.4. The number of nitrogens with zero attached hydrogens (tertiary/aromatic N) is 2. The van der Waals surface area contributed by atoms with Gasteiger partial charge in [-0.25, -0.2) is 9.18 Å². The maximum atomic E-state index is 14.1. The Bertz CT molecular complexity index is 1380. The van der Waals surface area contributed by atoms with Gasteiger partial charge in [0.05, 0.1) is 24.0 Å². The van der Waals surface area contributed by atoms with Crippen LogP contribution in [0.15, 0.2) is 78.9 Å². The molecule has 0 saturated carbocycles. The van der Waals surface area contributed by atoms with E-state index in [9.17, 15) is 9.18 Å². The minimum atomic E-state index is -0.340. The molecule has 0 spiro atoms. The summed E-state index contributed by atoms with van der Waals surface area (Å²) in [6.45, 7) is 4.85. The number of fused-ring (bicyclic) bond motifs is 1. The number of rotatable bonds is 7. The summed E-state index contributed by atoms with van der Waals surface area (Å²) in [6, 6.07) is 24.2. The van der Waals surface area contributed by atoms with E-state index in [2.05, 4.69) is 27.7 Å². The average Bonchev–Trinajstić information content (AvgIpc) is 3.32. The van der Waals surface area contributed by atoms with Crippen molar-refractivity contribution in [2.24, 2.45) is 0 Å². The molecule has 5 rings (SSSR count). The first-order valence-electron chi connectivity index (χ1n) is 12.5. The van der Waals surface area contributed by atoms with Crippen molar-refractivity contribution in [2.75, 3.05) is 38.7 Å². The van der Waals surface area contributed by atoms with Crippen molar-refractivity contribution in [3.63, 3.8) is 0 Å². The Morgan fingerprint density at radius 3 is 2.49 bits per heavy atom. The number of halogens is 1. The molecule has 0 aliphatic carbocycles. The normalized spacial score (nSPS) is 17.7. The summed E-state index contributed by atoms with van der Waals surface area (Å²) in [7, 11) is 1.70. The molecule has 0 unspecified atom stereocenters. The van der Waals surface area contributed by atoms with Crippen LogP contribution >= 0.6 is 0 Å². The van der Waals surface area contributed by atoms with E-state index in [1.807, 2.05) is 55.5 Å². The first-order chi connectivity index (χ1) is 18.0. The van der Waals surface area contributed by atoms with Gasteiger partial charge in [0.2, 0.25) is 0 Å². The van der Waals surface area contributed by atoms with E-state index in [4.69, 9.17) is 9.72 Å². The Balaban J connectivity index is 1.46. The van der Waals surface area contributed by atoms with Crippen LogP contribution in [0.4, 0.5) is 14.9 Å². The van der Waals surface area contributed by atoms with E-state index < -0.39 is 0 Å². The third kappa shape index (κ3) is 5.48. The molecule has 3 aromatic carbocycles. The molecule has 1 saturated heterocycles. The maximum Gasteiger partial charge on any atom is 0.319 e. The van der Waals surface area contributed by atoms with Crippen molar-refractivity contribution in [1.29, 1.82) is 0 Å². The zero-order chi connectivity index (χ0) is 25.8. The van der Waals surface area contributed by atoms with Crippen LogP contribution in [0.25, 0.3) is 22.0 Å². The second-order valence-corrected chi connectivity index (χ2v) is 9.45. The minimum absolute atomic E-state index is 0.0819. The molecule has 37 heavy (non-hydrogen) atoms. The molecule has 0 bridgehead atoms. The summed E-state index contributed by atoms with van der Waals surface area (Å²) in [5.41, 5.74) is 3.99. The molecule has 4 aromatic rings. The zero-order valence-electron chi connectivity index (χ0n) is 21.1. The number of hydrogen-bond acceptors (Lipinski definition) is 4. The van der Waals surface area contributed by atoms with E-state index in [1.54, 1.807) is 13.2 Å². The second-order valence-electron chi connectivity index (χ2n) is 9.45. The highest BCUT2D eigenvalue weighted by Crippen LogP contribution is 2.35. The molecule has 1 aromatic heterocycles. The quantitative estimate of drug-likeness (QED) is 0.349. The van der Waals surface area contributed by atoms with Gasteiger partial charge in [0, 0.05) is 54.7 Å². The Morgan fingerprint density at radius 1 is 1.03 bits per heavy atom. The van der Waals surface area contributed by atoms with Gasteiger partial charge >= 0.3 is 6.03 Å². The zero-order valence-corrected chi connectivity index (χ0v) is 21.1. The Hall–Kier alpha value is -3.81. The van der Waals surface area contributed by atoms with Gasteiger partial charge in [0.1, 0.15) is 5.82 Å². The Morgan fingerprint density at radius 2 is 1.76 bits per heavy atom. The van der Waals surface area contributed by atoms with Crippen LogP contribution in [0.5, 0.6) is 0 Å². The standard InChI is InChI=1S/C30H31FN4O2/c1-20-25-17-23(31)13-14-24(25)29(28(32-20)22-11-7-4-8-12-22)34-30(36)33-27-19-35(15-16-37-2)18-26(27)21-9-5-3-6-10-21/h3-14,17,26-27H,15-16,18-19H2,1-2H3,(H2,33,34,36)/t26-,27+/m0/s1. The lowest BCUT2D eigenvalue weighted by molar-refractivity contribution is 0.159. The molecule has 2 atom stereocenters. The molecule has 190 valence electrons. The molecule has 2 heterocycles. The van der Waals surface area contributed by atoms with E-state index in [-0.39, 0.29) is 23.8 Å². The van der Waals surface area contributed by atoms with E-state index in [0.29, 0.717) is 29.1 Å². The molecule has 2 amide bonds.